The van der Waals surface area contributed by atoms with Crippen molar-refractivity contribution in [2.45, 2.75) is 33.2 Å². The molecular formula is C14H20BrN. The third-order valence-corrected chi connectivity index (χ3v) is 4.17. The second kappa shape index (κ2) is 4.50. The number of nitrogens with one attached hydrogen (secondary N) is 1. The molecule has 1 fully saturated rings. The van der Waals surface area contributed by atoms with Crippen molar-refractivity contribution < 1.29 is 0 Å². The van der Waals surface area contributed by atoms with E-state index < -0.39 is 0 Å². The maximum Gasteiger partial charge on any atom is 0.0353 e. The minimum atomic E-state index is 0.514. The molecular weight excluding hydrogens is 262 g/mol. The molecule has 0 radical (unpaired) electrons. The van der Waals surface area contributed by atoms with Crippen LogP contribution < -0.4 is 5.32 Å². The zero-order valence-electron chi connectivity index (χ0n) is 10.3. The number of benzene rings is 1. The second-order valence-corrected chi connectivity index (χ2v) is 6.30. The highest BCUT2D eigenvalue weighted by Crippen LogP contribution is 2.57. The fraction of sp³-hybridized carbons (Fsp3) is 0.571. The first-order valence-electron chi connectivity index (χ1n) is 6.03. The summed E-state index contributed by atoms with van der Waals surface area (Å²) in [6.07, 6.45) is 1.33. The molecule has 2 unspecified atom stereocenters. The molecule has 1 aliphatic carbocycles. The molecule has 1 nitrogen and oxygen atoms in total. The van der Waals surface area contributed by atoms with Gasteiger partial charge in [-0.15, -0.1) is 0 Å². The normalized spacial score (nSPS) is 24.1. The van der Waals surface area contributed by atoms with E-state index in [1.165, 1.54) is 12.0 Å². The van der Waals surface area contributed by atoms with Gasteiger partial charge in [-0.2, -0.15) is 0 Å². The van der Waals surface area contributed by atoms with Crippen LogP contribution in [0, 0.1) is 11.3 Å². The smallest absolute Gasteiger partial charge is 0.0353 e. The van der Waals surface area contributed by atoms with Crippen molar-refractivity contribution in [1.29, 1.82) is 0 Å². The predicted molar refractivity (Wildman–Crippen MR) is 72.4 cm³/mol. The Hall–Kier alpha value is -0.340. The molecule has 0 saturated heterocycles. The summed E-state index contributed by atoms with van der Waals surface area (Å²) in [5, 5.41) is 3.62. The molecule has 1 N–H and O–H groups in total. The van der Waals surface area contributed by atoms with Crippen LogP contribution in [-0.2, 0) is 0 Å². The van der Waals surface area contributed by atoms with E-state index in [0.717, 1.165) is 16.9 Å². The lowest BCUT2D eigenvalue weighted by atomic mass is 9.97. The highest BCUT2D eigenvalue weighted by atomic mass is 79.9. The third kappa shape index (κ3) is 2.49. The Balaban J connectivity index is 2.17. The molecule has 2 rings (SSSR count). The zero-order valence-corrected chi connectivity index (χ0v) is 11.8. The van der Waals surface area contributed by atoms with Gasteiger partial charge in [-0.05, 0) is 42.0 Å². The van der Waals surface area contributed by atoms with E-state index in [4.69, 9.17) is 0 Å². The molecule has 2 heteroatoms. The lowest BCUT2D eigenvalue weighted by molar-refractivity contribution is 0.423. The van der Waals surface area contributed by atoms with E-state index in [1.54, 1.807) is 0 Å². The standard InChI is InChI=1S/C14H20BrN/c1-4-16-13(12-9-14(12,2)3)10-5-7-11(15)8-6-10/h5-8,12-13,16H,4,9H2,1-3H3. The molecule has 88 valence electrons. The van der Waals surface area contributed by atoms with Crippen molar-refractivity contribution in [1.82, 2.24) is 5.32 Å². The molecule has 0 bridgehead atoms. The van der Waals surface area contributed by atoms with Crippen molar-refractivity contribution >= 4 is 15.9 Å². The van der Waals surface area contributed by atoms with Crippen LogP contribution in [0.25, 0.3) is 0 Å². The number of hydrogen-bond donors (Lipinski definition) is 1. The van der Waals surface area contributed by atoms with E-state index in [0.29, 0.717) is 11.5 Å². The third-order valence-electron chi connectivity index (χ3n) is 3.65. The Bertz CT molecular complexity index is 356. The quantitative estimate of drug-likeness (QED) is 0.875. The monoisotopic (exact) mass is 281 g/mol. The van der Waals surface area contributed by atoms with Crippen LogP contribution in [0.2, 0.25) is 0 Å². The molecule has 1 aliphatic rings. The average Bonchev–Trinajstić information content (AvgIpc) is 2.86. The average molecular weight is 282 g/mol. The van der Waals surface area contributed by atoms with E-state index in [9.17, 15) is 0 Å². The van der Waals surface area contributed by atoms with Gasteiger partial charge in [-0.25, -0.2) is 0 Å². The van der Waals surface area contributed by atoms with Gasteiger partial charge in [0.1, 0.15) is 0 Å². The van der Waals surface area contributed by atoms with Crippen molar-refractivity contribution in [3.05, 3.63) is 34.3 Å². The second-order valence-electron chi connectivity index (χ2n) is 5.39. The summed E-state index contributed by atoms with van der Waals surface area (Å²) in [5.74, 6) is 0.786. The molecule has 2 atom stereocenters. The van der Waals surface area contributed by atoms with Crippen LogP contribution in [0.5, 0.6) is 0 Å². The summed E-state index contributed by atoms with van der Waals surface area (Å²) in [7, 11) is 0. The molecule has 1 saturated carbocycles. The summed E-state index contributed by atoms with van der Waals surface area (Å²) in [4.78, 5) is 0. The van der Waals surface area contributed by atoms with Gasteiger partial charge in [0.15, 0.2) is 0 Å². The van der Waals surface area contributed by atoms with Crippen LogP contribution in [0.4, 0.5) is 0 Å². The van der Waals surface area contributed by atoms with Crippen LogP contribution in [0.3, 0.4) is 0 Å². The van der Waals surface area contributed by atoms with E-state index in [-0.39, 0.29) is 0 Å². The molecule has 0 spiro atoms. The van der Waals surface area contributed by atoms with Crippen molar-refractivity contribution in [3.63, 3.8) is 0 Å². The Labute approximate surface area is 107 Å². The minimum absolute atomic E-state index is 0.514. The Kier molecular flexibility index (Phi) is 3.41. The summed E-state index contributed by atoms with van der Waals surface area (Å²) < 4.78 is 1.15. The molecule has 0 amide bonds. The first-order chi connectivity index (χ1) is 7.54. The van der Waals surface area contributed by atoms with E-state index in [2.05, 4.69) is 66.3 Å². The Morgan fingerprint density at radius 2 is 1.94 bits per heavy atom. The topological polar surface area (TPSA) is 12.0 Å². The van der Waals surface area contributed by atoms with Gasteiger partial charge >= 0.3 is 0 Å². The summed E-state index contributed by atoms with van der Waals surface area (Å²) >= 11 is 3.49. The van der Waals surface area contributed by atoms with Crippen molar-refractivity contribution in [2.24, 2.45) is 11.3 Å². The first-order valence-corrected chi connectivity index (χ1v) is 6.83. The Morgan fingerprint density at radius 1 is 1.38 bits per heavy atom. The van der Waals surface area contributed by atoms with Gasteiger partial charge in [-0.1, -0.05) is 48.8 Å². The molecule has 16 heavy (non-hydrogen) atoms. The highest BCUT2D eigenvalue weighted by molar-refractivity contribution is 9.10. The maximum atomic E-state index is 3.62. The zero-order chi connectivity index (χ0) is 11.8. The fourth-order valence-electron chi connectivity index (χ4n) is 2.46. The molecule has 0 aromatic heterocycles. The number of hydrogen-bond acceptors (Lipinski definition) is 1. The molecule has 1 aromatic rings. The first kappa shape index (κ1) is 12.1. The highest BCUT2D eigenvalue weighted by Gasteiger charge is 2.50. The number of halogens is 1. The minimum Gasteiger partial charge on any atom is -0.310 e. The molecule has 0 heterocycles. The van der Waals surface area contributed by atoms with Crippen molar-refractivity contribution in [3.8, 4) is 0 Å². The maximum absolute atomic E-state index is 3.62. The van der Waals surface area contributed by atoms with Gasteiger partial charge in [0.05, 0.1) is 0 Å². The summed E-state index contributed by atoms with van der Waals surface area (Å²) in [6, 6.07) is 9.25. The van der Waals surface area contributed by atoms with Gasteiger partial charge in [-0.3, -0.25) is 0 Å². The van der Waals surface area contributed by atoms with E-state index >= 15 is 0 Å². The van der Waals surface area contributed by atoms with Gasteiger partial charge in [0.25, 0.3) is 0 Å². The van der Waals surface area contributed by atoms with Gasteiger partial charge in [0, 0.05) is 10.5 Å². The van der Waals surface area contributed by atoms with Crippen LogP contribution in [-0.4, -0.2) is 6.54 Å². The lowest BCUT2D eigenvalue weighted by Crippen LogP contribution is -2.24. The van der Waals surface area contributed by atoms with Crippen LogP contribution in [0.15, 0.2) is 28.7 Å². The SMILES string of the molecule is CCNC(c1ccc(Br)cc1)C1CC1(C)C. The van der Waals surface area contributed by atoms with Crippen LogP contribution in [0.1, 0.15) is 38.8 Å². The lowest BCUT2D eigenvalue weighted by Gasteiger charge is -2.20. The summed E-state index contributed by atoms with van der Waals surface area (Å²) in [6.45, 7) is 7.94. The predicted octanol–water partition coefficient (Wildman–Crippen LogP) is 4.15. The van der Waals surface area contributed by atoms with Gasteiger partial charge < -0.3 is 5.32 Å². The Morgan fingerprint density at radius 3 is 2.38 bits per heavy atom. The summed E-state index contributed by atoms with van der Waals surface area (Å²) in [5.41, 5.74) is 1.93. The largest absolute Gasteiger partial charge is 0.310 e. The number of rotatable bonds is 4. The van der Waals surface area contributed by atoms with E-state index in [1.807, 2.05) is 0 Å². The molecule has 0 aliphatic heterocycles. The van der Waals surface area contributed by atoms with Crippen molar-refractivity contribution in [2.75, 3.05) is 6.54 Å². The molecule has 1 aromatic carbocycles. The van der Waals surface area contributed by atoms with Gasteiger partial charge in [0.2, 0.25) is 0 Å². The van der Waals surface area contributed by atoms with Crippen LogP contribution >= 0.6 is 15.9 Å². The fourth-order valence-corrected chi connectivity index (χ4v) is 2.72.